The van der Waals surface area contributed by atoms with Crippen molar-refractivity contribution in [2.75, 3.05) is 5.32 Å². The summed E-state index contributed by atoms with van der Waals surface area (Å²) in [4.78, 5) is 16.0. The van der Waals surface area contributed by atoms with Crippen LogP contribution in [0.2, 0.25) is 5.15 Å². The van der Waals surface area contributed by atoms with Gasteiger partial charge in [0.15, 0.2) is 0 Å². The van der Waals surface area contributed by atoms with Crippen molar-refractivity contribution in [3.63, 3.8) is 0 Å². The minimum Gasteiger partial charge on any atom is -0.468 e. The zero-order valence-electron chi connectivity index (χ0n) is 13.3. The molecule has 0 saturated carbocycles. The Hall–Kier alpha value is -2.68. The van der Waals surface area contributed by atoms with Gasteiger partial charge in [0.25, 0.3) is 5.91 Å². The van der Waals surface area contributed by atoms with Gasteiger partial charge in [-0.25, -0.2) is 18.1 Å². The molecule has 1 amide bonds. The molecule has 26 heavy (non-hydrogen) atoms. The molecular weight excluding hydrogens is 378 g/mol. The van der Waals surface area contributed by atoms with Crippen molar-refractivity contribution in [1.82, 2.24) is 9.71 Å². The Morgan fingerprint density at radius 2 is 1.88 bits per heavy atom. The smallest absolute Gasteiger partial charge is 0.257 e. The summed E-state index contributed by atoms with van der Waals surface area (Å²) in [7, 11) is -3.69. The largest absolute Gasteiger partial charge is 0.468 e. The fraction of sp³-hybridized carbons (Fsp3) is 0.0588. The van der Waals surface area contributed by atoms with E-state index >= 15 is 0 Å². The number of carbonyl (C=O) groups is 1. The summed E-state index contributed by atoms with van der Waals surface area (Å²) in [6.07, 6.45) is 2.83. The van der Waals surface area contributed by atoms with Gasteiger partial charge >= 0.3 is 0 Å². The van der Waals surface area contributed by atoms with E-state index in [1.807, 2.05) is 0 Å². The number of hydrogen-bond acceptors (Lipinski definition) is 5. The Balaban J connectivity index is 1.65. The number of carbonyl (C=O) groups excluding carboxylic acids is 1. The molecule has 0 fully saturated rings. The number of rotatable bonds is 6. The van der Waals surface area contributed by atoms with Crippen LogP contribution in [0.1, 0.15) is 16.1 Å². The van der Waals surface area contributed by atoms with Crippen LogP contribution in [0.3, 0.4) is 0 Å². The fourth-order valence-corrected chi connectivity index (χ4v) is 3.20. The second-order valence-electron chi connectivity index (χ2n) is 5.25. The molecule has 1 aromatic carbocycles. The number of sulfonamides is 1. The number of hydrogen-bond donors (Lipinski definition) is 2. The van der Waals surface area contributed by atoms with Crippen LogP contribution in [-0.4, -0.2) is 19.3 Å². The summed E-state index contributed by atoms with van der Waals surface area (Å²) in [5.74, 6) is 0.134. The molecule has 0 saturated heterocycles. The van der Waals surface area contributed by atoms with Gasteiger partial charge in [0, 0.05) is 11.9 Å². The molecule has 3 aromatic rings. The van der Waals surface area contributed by atoms with Gasteiger partial charge in [0.1, 0.15) is 10.9 Å². The highest BCUT2D eigenvalue weighted by Crippen LogP contribution is 2.16. The number of aromatic nitrogens is 1. The Labute approximate surface area is 155 Å². The highest BCUT2D eigenvalue weighted by atomic mass is 35.5. The molecule has 0 radical (unpaired) electrons. The van der Waals surface area contributed by atoms with Crippen LogP contribution in [0, 0.1) is 0 Å². The van der Waals surface area contributed by atoms with E-state index in [0.717, 1.165) is 0 Å². The highest BCUT2D eigenvalue weighted by Gasteiger charge is 2.15. The number of nitrogens with one attached hydrogen (secondary N) is 2. The summed E-state index contributed by atoms with van der Waals surface area (Å²) in [5, 5.41) is 2.95. The summed E-state index contributed by atoms with van der Waals surface area (Å²) in [5.41, 5.74) is 0.793. The van der Waals surface area contributed by atoms with E-state index in [-0.39, 0.29) is 22.5 Å². The van der Waals surface area contributed by atoms with Crippen LogP contribution in [-0.2, 0) is 16.6 Å². The number of amides is 1. The summed E-state index contributed by atoms with van der Waals surface area (Å²) in [6, 6.07) is 12.2. The Morgan fingerprint density at radius 1 is 1.12 bits per heavy atom. The molecule has 9 heteroatoms. The average Bonchev–Trinajstić information content (AvgIpc) is 3.15. The second kappa shape index (κ2) is 7.69. The van der Waals surface area contributed by atoms with Crippen LogP contribution in [0.4, 0.5) is 5.69 Å². The van der Waals surface area contributed by atoms with Crippen molar-refractivity contribution in [3.05, 3.63) is 77.5 Å². The van der Waals surface area contributed by atoms with Gasteiger partial charge in [0.2, 0.25) is 10.0 Å². The molecule has 7 nitrogen and oxygen atoms in total. The van der Waals surface area contributed by atoms with Gasteiger partial charge in [-0.15, -0.1) is 0 Å². The van der Waals surface area contributed by atoms with Crippen LogP contribution in [0.15, 0.2) is 70.3 Å². The third kappa shape index (κ3) is 4.48. The van der Waals surface area contributed by atoms with Crippen molar-refractivity contribution < 1.29 is 17.6 Å². The number of halogens is 1. The van der Waals surface area contributed by atoms with Gasteiger partial charge in [-0.3, -0.25) is 4.79 Å². The molecular formula is C17H14ClN3O4S. The molecule has 2 aromatic heterocycles. The SMILES string of the molecule is O=C(Nc1ccc(S(=O)(=O)NCc2ccco2)cc1)c1ccc(Cl)nc1. The minimum atomic E-state index is -3.69. The first-order chi connectivity index (χ1) is 12.4. The van der Waals surface area contributed by atoms with Gasteiger partial charge in [-0.1, -0.05) is 11.6 Å². The summed E-state index contributed by atoms with van der Waals surface area (Å²) < 4.78 is 32.0. The van der Waals surface area contributed by atoms with E-state index in [1.165, 1.54) is 42.8 Å². The third-order valence-electron chi connectivity index (χ3n) is 3.43. The Bertz CT molecular complexity index is 986. The topological polar surface area (TPSA) is 101 Å². The maximum atomic E-state index is 12.3. The predicted octanol–water partition coefficient (Wildman–Crippen LogP) is 3.06. The van der Waals surface area contributed by atoms with E-state index < -0.39 is 10.0 Å². The van der Waals surface area contributed by atoms with Gasteiger partial charge in [0.05, 0.1) is 23.3 Å². The molecule has 0 unspecified atom stereocenters. The van der Waals surface area contributed by atoms with Crippen molar-refractivity contribution in [2.45, 2.75) is 11.4 Å². The zero-order valence-corrected chi connectivity index (χ0v) is 14.9. The number of nitrogens with zero attached hydrogens (tertiary/aromatic N) is 1. The van der Waals surface area contributed by atoms with Gasteiger partial charge in [-0.2, -0.15) is 0 Å². The lowest BCUT2D eigenvalue weighted by Gasteiger charge is -2.08. The quantitative estimate of drug-likeness (QED) is 0.629. The summed E-state index contributed by atoms with van der Waals surface area (Å²) >= 11 is 5.68. The molecule has 2 heterocycles. The molecule has 2 N–H and O–H groups in total. The molecule has 0 atom stereocenters. The molecule has 0 bridgehead atoms. The Kier molecular flexibility index (Phi) is 5.36. The third-order valence-corrected chi connectivity index (χ3v) is 5.07. The first-order valence-electron chi connectivity index (χ1n) is 7.49. The maximum absolute atomic E-state index is 12.3. The monoisotopic (exact) mass is 391 g/mol. The molecule has 3 rings (SSSR count). The molecule has 0 spiro atoms. The molecule has 0 aliphatic carbocycles. The molecule has 0 aliphatic heterocycles. The average molecular weight is 392 g/mol. The van der Waals surface area contributed by atoms with Crippen molar-refractivity contribution >= 4 is 33.2 Å². The van der Waals surface area contributed by atoms with E-state index in [0.29, 0.717) is 17.0 Å². The number of furan rings is 1. The number of pyridine rings is 1. The van der Waals surface area contributed by atoms with Crippen molar-refractivity contribution in [3.8, 4) is 0 Å². The summed E-state index contributed by atoms with van der Waals surface area (Å²) in [6.45, 7) is 0.0530. The normalized spacial score (nSPS) is 11.3. The first-order valence-corrected chi connectivity index (χ1v) is 9.35. The fourth-order valence-electron chi connectivity index (χ4n) is 2.09. The van der Waals surface area contributed by atoms with Crippen LogP contribution in [0.5, 0.6) is 0 Å². The predicted molar refractivity (Wildman–Crippen MR) is 96.4 cm³/mol. The lowest BCUT2D eigenvalue weighted by atomic mass is 10.2. The second-order valence-corrected chi connectivity index (χ2v) is 7.41. The van der Waals surface area contributed by atoms with E-state index in [9.17, 15) is 13.2 Å². The first kappa shape index (κ1) is 18.1. The van der Waals surface area contributed by atoms with E-state index in [2.05, 4.69) is 15.0 Å². The van der Waals surface area contributed by atoms with Gasteiger partial charge < -0.3 is 9.73 Å². The molecule has 0 aliphatic rings. The van der Waals surface area contributed by atoms with Gasteiger partial charge in [-0.05, 0) is 48.5 Å². The zero-order chi connectivity index (χ0) is 18.6. The number of benzene rings is 1. The minimum absolute atomic E-state index is 0.0530. The Morgan fingerprint density at radius 3 is 2.50 bits per heavy atom. The van der Waals surface area contributed by atoms with Crippen molar-refractivity contribution in [2.24, 2.45) is 0 Å². The lowest BCUT2D eigenvalue weighted by molar-refractivity contribution is 0.102. The van der Waals surface area contributed by atoms with E-state index in [4.69, 9.17) is 16.0 Å². The molecule has 134 valence electrons. The number of anilines is 1. The van der Waals surface area contributed by atoms with Crippen LogP contribution < -0.4 is 10.0 Å². The highest BCUT2D eigenvalue weighted by molar-refractivity contribution is 7.89. The maximum Gasteiger partial charge on any atom is 0.257 e. The standard InChI is InChI=1S/C17H14ClN3O4S/c18-16-8-3-12(10-19-16)17(22)21-13-4-6-15(7-5-13)26(23,24)20-11-14-2-1-9-25-14/h1-10,20H,11H2,(H,21,22). The lowest BCUT2D eigenvalue weighted by Crippen LogP contribution is -2.23. The van der Waals surface area contributed by atoms with Crippen LogP contribution >= 0.6 is 11.6 Å². The van der Waals surface area contributed by atoms with E-state index in [1.54, 1.807) is 18.2 Å². The van der Waals surface area contributed by atoms with Crippen LogP contribution in [0.25, 0.3) is 0 Å². The van der Waals surface area contributed by atoms with Crippen molar-refractivity contribution in [1.29, 1.82) is 0 Å².